The van der Waals surface area contributed by atoms with Crippen LogP contribution in [0.4, 0.5) is 0 Å². The van der Waals surface area contributed by atoms with E-state index >= 15 is 0 Å². The van der Waals surface area contributed by atoms with Gasteiger partial charge in [-0.2, -0.15) is 10.2 Å². The molecule has 0 fully saturated rings. The van der Waals surface area contributed by atoms with Crippen molar-refractivity contribution in [2.24, 2.45) is 0 Å². The van der Waals surface area contributed by atoms with Crippen LogP contribution >= 0.6 is 10.2 Å². The molecule has 0 aliphatic heterocycles. The van der Waals surface area contributed by atoms with Gasteiger partial charge >= 0.3 is 5.97 Å². The quantitative estimate of drug-likeness (QED) is 0.484. The molecule has 0 aromatic carbocycles. The molecule has 0 heterocycles. The lowest BCUT2D eigenvalue weighted by atomic mass is 10.3. The lowest BCUT2D eigenvalue weighted by Crippen LogP contribution is -2.33. The van der Waals surface area contributed by atoms with Gasteiger partial charge in [-0.05, 0) is 64.6 Å². The predicted octanol–water partition coefficient (Wildman–Crippen LogP) is 3.36. The molecule has 0 aliphatic rings. The molecule has 4 nitrogen and oxygen atoms in total. The normalized spacial score (nSPS) is 12.9. The Kier molecular flexibility index (Phi) is 12.1. The molecule has 0 radical (unpaired) electrons. The van der Waals surface area contributed by atoms with Crippen LogP contribution in [0.25, 0.3) is 0 Å². The van der Waals surface area contributed by atoms with E-state index in [1.165, 1.54) is 32.4 Å². The van der Waals surface area contributed by atoms with E-state index in [2.05, 4.69) is 41.8 Å². The molecule has 0 atom stereocenters. The Morgan fingerprint density at radius 1 is 0.909 bits per heavy atom. The second kappa shape index (κ2) is 12.2. The molecule has 0 saturated carbocycles. The first-order valence-corrected chi connectivity index (χ1v) is 11.5. The molecule has 0 rings (SSSR count). The summed E-state index contributed by atoms with van der Waals surface area (Å²) in [5, 5.41) is 0. The van der Waals surface area contributed by atoms with E-state index in [0.29, 0.717) is 13.0 Å². The van der Waals surface area contributed by atoms with Crippen LogP contribution in [0.3, 0.4) is 0 Å². The van der Waals surface area contributed by atoms with Crippen LogP contribution in [0.2, 0.25) is 0 Å². The largest absolute Gasteiger partial charge is 0.466 e. The van der Waals surface area contributed by atoms with Gasteiger partial charge in [0.25, 0.3) is 0 Å². The first-order valence-electron chi connectivity index (χ1n) is 8.66. The van der Waals surface area contributed by atoms with Gasteiger partial charge in [0.05, 0.1) is 13.0 Å². The van der Waals surface area contributed by atoms with Crippen molar-refractivity contribution in [1.82, 2.24) is 9.21 Å². The summed E-state index contributed by atoms with van der Waals surface area (Å²) < 4.78 is 7.53. The Morgan fingerprint density at radius 3 is 1.95 bits per heavy atom. The van der Waals surface area contributed by atoms with Gasteiger partial charge in [-0.3, -0.25) is 9.10 Å². The van der Waals surface area contributed by atoms with E-state index in [9.17, 15) is 4.79 Å². The molecule has 0 unspecified atom stereocenters. The van der Waals surface area contributed by atoms with E-state index in [-0.39, 0.29) is 5.97 Å². The van der Waals surface area contributed by atoms with Crippen LogP contribution in [0.5, 0.6) is 0 Å². The monoisotopic (exact) mass is 334 g/mol. The second-order valence-corrected chi connectivity index (χ2v) is 10.5. The van der Waals surface area contributed by atoms with Crippen LogP contribution in [0.15, 0.2) is 0 Å². The third-order valence-electron chi connectivity index (χ3n) is 3.61. The van der Waals surface area contributed by atoms with Gasteiger partial charge in [0.2, 0.25) is 0 Å². The third kappa shape index (κ3) is 10.5. The average molecular weight is 335 g/mol. The SMILES string of the molecule is CCCN(CCC)CCCN(CCC(=O)OCC)S(C)(C)C. The van der Waals surface area contributed by atoms with Crippen LogP contribution < -0.4 is 0 Å². The maximum absolute atomic E-state index is 11.6. The molecule has 0 N–H and O–H groups in total. The van der Waals surface area contributed by atoms with Gasteiger partial charge in [-0.1, -0.05) is 13.8 Å². The van der Waals surface area contributed by atoms with Gasteiger partial charge in [0, 0.05) is 13.1 Å². The standard InChI is InChI=1S/C17H38N2O2S/c1-7-12-18(13-8-2)14-10-15-19(22(4,5)6)16-11-17(20)21-9-3/h7-16H2,1-6H3. The highest BCUT2D eigenvalue weighted by molar-refractivity contribution is 8.30. The molecule has 0 spiro atoms. The van der Waals surface area contributed by atoms with Crippen LogP contribution in [0, 0.1) is 0 Å². The minimum absolute atomic E-state index is 0.0743. The van der Waals surface area contributed by atoms with Gasteiger partial charge in [0.15, 0.2) is 0 Å². The maximum atomic E-state index is 11.6. The molecular weight excluding hydrogens is 296 g/mol. The summed E-state index contributed by atoms with van der Waals surface area (Å²) in [5.41, 5.74) is 0. The maximum Gasteiger partial charge on any atom is 0.307 e. The Morgan fingerprint density at radius 2 is 1.50 bits per heavy atom. The van der Waals surface area contributed by atoms with E-state index in [0.717, 1.165) is 19.6 Å². The molecule has 5 heteroatoms. The molecule has 0 aliphatic carbocycles. The molecule has 0 aromatic heterocycles. The lowest BCUT2D eigenvalue weighted by molar-refractivity contribution is -0.143. The Balaban J connectivity index is 4.27. The highest BCUT2D eigenvalue weighted by Gasteiger charge is 2.18. The van der Waals surface area contributed by atoms with E-state index in [1.54, 1.807) is 0 Å². The second-order valence-electron chi connectivity index (χ2n) is 6.45. The summed E-state index contributed by atoms with van der Waals surface area (Å²) in [5.74, 6) is -0.0743. The molecule has 0 aromatic rings. The minimum Gasteiger partial charge on any atom is -0.466 e. The third-order valence-corrected chi connectivity index (χ3v) is 5.52. The van der Waals surface area contributed by atoms with Crippen molar-refractivity contribution in [1.29, 1.82) is 0 Å². The number of ether oxygens (including phenoxy) is 1. The summed E-state index contributed by atoms with van der Waals surface area (Å²) in [6.07, 6.45) is 11.0. The van der Waals surface area contributed by atoms with Gasteiger partial charge in [0.1, 0.15) is 0 Å². The molecule has 0 amide bonds. The first kappa shape index (κ1) is 21.7. The zero-order valence-corrected chi connectivity index (χ0v) is 16.5. The number of nitrogens with zero attached hydrogens (tertiary/aromatic N) is 2. The van der Waals surface area contributed by atoms with Crippen LogP contribution in [-0.4, -0.2) is 73.3 Å². The van der Waals surface area contributed by atoms with Crippen LogP contribution in [-0.2, 0) is 9.53 Å². The number of rotatable bonds is 13. The molecule has 0 saturated heterocycles. The summed E-state index contributed by atoms with van der Waals surface area (Å²) in [6.45, 7) is 12.3. The zero-order valence-electron chi connectivity index (χ0n) is 15.7. The van der Waals surface area contributed by atoms with Crippen molar-refractivity contribution in [2.45, 2.75) is 46.5 Å². The Hall–Kier alpha value is -0.260. The van der Waals surface area contributed by atoms with E-state index in [4.69, 9.17) is 4.74 Å². The van der Waals surface area contributed by atoms with Gasteiger partial charge < -0.3 is 9.64 Å². The summed E-state index contributed by atoms with van der Waals surface area (Å²) >= 11 is 0. The highest BCUT2D eigenvalue weighted by Crippen LogP contribution is 2.39. The van der Waals surface area contributed by atoms with Crippen molar-refractivity contribution in [3.63, 3.8) is 0 Å². The van der Waals surface area contributed by atoms with Crippen molar-refractivity contribution in [2.75, 3.05) is 58.1 Å². The Bertz CT molecular complexity index is 287. The molecule has 0 bridgehead atoms. The number of hydrogen-bond donors (Lipinski definition) is 0. The van der Waals surface area contributed by atoms with Gasteiger partial charge in [-0.15, -0.1) is 0 Å². The summed E-state index contributed by atoms with van der Waals surface area (Å²) in [7, 11) is -0.791. The number of esters is 1. The van der Waals surface area contributed by atoms with Crippen molar-refractivity contribution in [3.8, 4) is 0 Å². The molecule has 22 heavy (non-hydrogen) atoms. The number of hydrogen-bond acceptors (Lipinski definition) is 4. The van der Waals surface area contributed by atoms with Gasteiger partial charge in [-0.25, -0.2) is 0 Å². The fraction of sp³-hybridized carbons (Fsp3) is 0.941. The van der Waals surface area contributed by atoms with Crippen molar-refractivity contribution < 1.29 is 9.53 Å². The minimum atomic E-state index is -0.791. The summed E-state index contributed by atoms with van der Waals surface area (Å²) in [6, 6.07) is 0. The highest BCUT2D eigenvalue weighted by atomic mass is 32.3. The van der Waals surface area contributed by atoms with E-state index in [1.807, 2.05) is 6.92 Å². The predicted molar refractivity (Wildman–Crippen MR) is 99.8 cm³/mol. The average Bonchev–Trinajstić information content (AvgIpc) is 2.41. The number of carbonyl (C=O) groups is 1. The topological polar surface area (TPSA) is 32.8 Å². The van der Waals surface area contributed by atoms with Crippen molar-refractivity contribution in [3.05, 3.63) is 0 Å². The van der Waals surface area contributed by atoms with Crippen LogP contribution in [0.1, 0.15) is 46.5 Å². The molecule has 134 valence electrons. The molecular formula is C17H38N2O2S. The Labute approximate surface area is 140 Å². The first-order chi connectivity index (χ1) is 10.3. The zero-order chi connectivity index (χ0) is 17.0. The fourth-order valence-electron chi connectivity index (χ4n) is 2.55. The van der Waals surface area contributed by atoms with Crippen molar-refractivity contribution >= 4 is 16.2 Å². The smallest absolute Gasteiger partial charge is 0.307 e. The van der Waals surface area contributed by atoms with E-state index < -0.39 is 10.2 Å². The number of carbonyl (C=O) groups excluding carboxylic acids is 1. The lowest BCUT2D eigenvalue weighted by Gasteiger charge is -2.40. The summed E-state index contributed by atoms with van der Waals surface area (Å²) in [4.78, 5) is 14.1. The fourth-order valence-corrected chi connectivity index (χ4v) is 3.86.